The van der Waals surface area contributed by atoms with E-state index in [1.165, 1.54) is 42.1 Å². The summed E-state index contributed by atoms with van der Waals surface area (Å²) in [6.45, 7) is 4.42. The number of amides is 1. The van der Waals surface area contributed by atoms with Crippen molar-refractivity contribution in [3.05, 3.63) is 226 Å². The van der Waals surface area contributed by atoms with Crippen LogP contribution in [-0.2, 0) is 82.8 Å². The van der Waals surface area contributed by atoms with Crippen molar-refractivity contribution < 1.29 is 74.2 Å². The number of sulfonamides is 2. The molecule has 0 aliphatic carbocycles. The molecule has 10 aromatic rings. The number of aliphatic hydroxyl groups is 4. The van der Waals surface area contributed by atoms with E-state index < -0.39 is 94.3 Å². The second-order valence-electron chi connectivity index (χ2n) is 26.4. The Balaban J connectivity index is 0.000000189. The molecule has 8 atom stereocenters. The van der Waals surface area contributed by atoms with Crippen molar-refractivity contribution in [3.8, 4) is 0 Å². The Morgan fingerprint density at radius 2 is 0.972 bits per heavy atom. The molecule has 6 aromatic carbocycles. The van der Waals surface area contributed by atoms with Crippen molar-refractivity contribution in [3.63, 3.8) is 0 Å². The zero-order valence-electron chi connectivity index (χ0n) is 58.2. The van der Waals surface area contributed by atoms with Crippen LogP contribution in [-0.4, -0.2) is 184 Å². The third kappa shape index (κ3) is 15.9. The van der Waals surface area contributed by atoms with Crippen LogP contribution in [0, 0.1) is 13.8 Å². The molecule has 2 saturated heterocycles. The number of nitrogens with zero attached hydrogens (tertiary/aromatic N) is 9. The summed E-state index contributed by atoms with van der Waals surface area (Å²) in [6, 6.07) is 46.2. The van der Waals surface area contributed by atoms with Crippen LogP contribution < -0.4 is 25.4 Å². The third-order valence-electron chi connectivity index (χ3n) is 19.6. The Kier molecular flexibility index (Phi) is 22.7. The van der Waals surface area contributed by atoms with Gasteiger partial charge in [0, 0.05) is 58.8 Å². The van der Waals surface area contributed by atoms with Crippen molar-refractivity contribution in [2.24, 2.45) is 0 Å². The maximum absolute atomic E-state index is 13.9. The monoisotopic (exact) mass is 1490 g/mol. The van der Waals surface area contributed by atoms with E-state index in [1.54, 1.807) is 19.1 Å². The van der Waals surface area contributed by atoms with E-state index in [9.17, 15) is 55.2 Å². The number of anilines is 2. The fourth-order valence-corrected chi connectivity index (χ4v) is 16.6. The summed E-state index contributed by atoms with van der Waals surface area (Å²) in [7, 11) is -5.44. The number of carbonyl (C=O) groups is 1. The van der Waals surface area contributed by atoms with Gasteiger partial charge in [-0.15, -0.1) is 0 Å². The number of alkyl halides is 3. The van der Waals surface area contributed by atoms with E-state index in [0.29, 0.717) is 52.6 Å². The summed E-state index contributed by atoms with van der Waals surface area (Å²) in [4.78, 5) is 40.6. The second-order valence-corrected chi connectivity index (χ2v) is 29.8. The predicted octanol–water partition coefficient (Wildman–Crippen LogP) is 6.34. The number of benzene rings is 6. The topological polar surface area (TPSA) is 354 Å². The van der Waals surface area contributed by atoms with E-state index in [-0.39, 0.29) is 88.5 Å². The number of ether oxygens (including phenoxy) is 4. The first kappa shape index (κ1) is 75.0. The standard InChI is InChI=1S/C38H40F3N7O7S.C36H41N7O6S/c1-22-13-14-29(27-19-47(16-15-25(22)27)37(51)38(39,40)41)56(52,53)44-18-30-45-34(42-17-26(23-9-5-3-6-10-23)24-11-7-4-8-12-24)31-35(46-30)48(21-43-31)36-33(50)32(49)28(55-36)20-54-2;1-22-13-14-29(27-17-37-16-15-25(22)27)50(46,47)40-19-30-41-34(38-18-26(23-9-5-3-6-10-23)24-11-7-4-8-12-24)31-35(42-30)43(21-39-31)36-33(45)32(44)28(49-36)20-48-2/h3-14,21,26,28,32-33,36,44,49-50H,15-20H2,1-2H3,(H,42,45,46);3-14,21,26,28,32-33,36-37,40,44-45H,15-20H2,1-2H3,(H,38,41,42)/t2*28-,32-,33-,36-/m11/s1. The van der Waals surface area contributed by atoms with Crippen LogP contribution in [0.5, 0.6) is 0 Å². The number of rotatable bonds is 24. The molecule has 2 fully saturated rings. The van der Waals surface area contributed by atoms with Gasteiger partial charge in [0.25, 0.3) is 0 Å². The molecule has 32 heteroatoms. The first-order chi connectivity index (χ1) is 51.0. The largest absolute Gasteiger partial charge is 0.471 e. The molecule has 27 nitrogen and oxygen atoms in total. The number of hydrogen-bond acceptors (Lipinski definition) is 22. The van der Waals surface area contributed by atoms with E-state index in [4.69, 9.17) is 28.9 Å². The summed E-state index contributed by atoms with van der Waals surface area (Å²) in [6.07, 6.45) is -10.4. The van der Waals surface area contributed by atoms with Gasteiger partial charge in [0.1, 0.15) is 48.3 Å². The molecular formula is C74H81F3N14O13S2. The number of aromatic nitrogens is 8. The van der Waals surface area contributed by atoms with Crippen molar-refractivity contribution in [1.82, 2.24) is 58.7 Å². The van der Waals surface area contributed by atoms with Crippen LogP contribution in [0.2, 0.25) is 0 Å². The summed E-state index contributed by atoms with van der Waals surface area (Å²) < 4.78 is 126. The predicted molar refractivity (Wildman–Crippen MR) is 384 cm³/mol. The zero-order valence-corrected chi connectivity index (χ0v) is 59.8. The zero-order chi connectivity index (χ0) is 74.6. The van der Waals surface area contributed by atoms with Crippen LogP contribution in [0.1, 0.15) is 91.6 Å². The number of hydrogen-bond donors (Lipinski definition) is 9. The maximum Gasteiger partial charge on any atom is 0.471 e. The molecular weight excluding hydrogens is 1410 g/mol. The van der Waals surface area contributed by atoms with Crippen LogP contribution in [0.15, 0.2) is 168 Å². The Morgan fingerprint density at radius 3 is 1.38 bits per heavy atom. The Labute approximate surface area is 609 Å². The average molecular weight is 1500 g/mol. The quantitative estimate of drug-likeness (QED) is 0.0319. The number of imidazole rings is 2. The van der Waals surface area contributed by atoms with Crippen LogP contribution >= 0.6 is 0 Å². The van der Waals surface area contributed by atoms with Crippen LogP contribution in [0.25, 0.3) is 22.3 Å². The smallest absolute Gasteiger partial charge is 0.387 e. The fourth-order valence-electron chi connectivity index (χ4n) is 14.1. The SMILES string of the molecule is COC[C@H]1O[C@@H](n2cnc3c(NCC(c4ccccc4)c4ccccc4)nc(CNS(=O)(=O)c4ccc(C)c5c4CN(C(=O)C(F)(F)F)CC5)nc32)[C@H](O)[C@@H]1O.COC[C@H]1O[C@@H](n2cnc3c(NCC(c4ccccc4)c4ccccc4)nc(CNS(=O)(=O)c4ccc(C)c5c4CNCC5)nc32)[C@H](O)[C@@H]1O. The van der Waals surface area contributed by atoms with Gasteiger partial charge in [-0.1, -0.05) is 133 Å². The Hall–Kier alpha value is -9.26. The van der Waals surface area contributed by atoms with E-state index in [0.717, 1.165) is 51.9 Å². The highest BCUT2D eigenvalue weighted by atomic mass is 32.2. The van der Waals surface area contributed by atoms with Crippen molar-refractivity contribution >= 4 is 59.9 Å². The number of aryl methyl sites for hydroxylation is 2. The molecule has 0 bridgehead atoms. The molecule has 0 unspecified atom stereocenters. The van der Waals surface area contributed by atoms with Gasteiger partial charge in [-0.05, 0) is 101 Å². The first-order valence-corrected chi connectivity index (χ1v) is 37.4. The van der Waals surface area contributed by atoms with Crippen LogP contribution in [0.3, 0.4) is 0 Å². The number of fused-ring (bicyclic) bond motifs is 4. The third-order valence-corrected chi connectivity index (χ3v) is 22.6. The summed E-state index contributed by atoms with van der Waals surface area (Å²) in [5, 5.41) is 53.4. The highest BCUT2D eigenvalue weighted by Crippen LogP contribution is 2.38. The van der Waals surface area contributed by atoms with Gasteiger partial charge in [-0.25, -0.2) is 56.2 Å². The minimum absolute atomic E-state index is 0.00136. The van der Waals surface area contributed by atoms with Crippen molar-refractivity contribution in [1.29, 1.82) is 0 Å². The van der Waals surface area contributed by atoms with E-state index >= 15 is 0 Å². The van der Waals surface area contributed by atoms with E-state index in [2.05, 4.69) is 69.6 Å². The summed E-state index contributed by atoms with van der Waals surface area (Å²) in [5.74, 6) is -1.43. The normalized spacial score (nSPS) is 20.4. The van der Waals surface area contributed by atoms with Gasteiger partial charge < -0.3 is 60.2 Å². The lowest BCUT2D eigenvalue weighted by Gasteiger charge is -2.31. The molecule has 8 heterocycles. The summed E-state index contributed by atoms with van der Waals surface area (Å²) in [5.41, 5.74) is 9.62. The van der Waals surface area contributed by atoms with Gasteiger partial charge in [-0.3, -0.25) is 13.9 Å². The lowest BCUT2D eigenvalue weighted by molar-refractivity contribution is -0.186. The van der Waals surface area contributed by atoms with Gasteiger partial charge in [0.15, 0.2) is 46.4 Å². The van der Waals surface area contributed by atoms with Gasteiger partial charge >= 0.3 is 12.1 Å². The highest BCUT2D eigenvalue weighted by Gasteiger charge is 2.47. The molecule has 4 aromatic heterocycles. The molecule has 9 N–H and O–H groups in total. The molecule has 14 rings (SSSR count). The average Bonchev–Trinajstić information content (AvgIpc) is 1.25. The van der Waals surface area contributed by atoms with Gasteiger partial charge in [-0.2, -0.15) is 13.2 Å². The van der Waals surface area contributed by atoms with E-state index in [1.807, 2.05) is 110 Å². The lowest BCUT2D eigenvalue weighted by Crippen LogP contribution is -2.44. The second kappa shape index (κ2) is 32.1. The lowest BCUT2D eigenvalue weighted by atomic mass is 9.91. The minimum atomic E-state index is -5.11. The Bertz CT molecular complexity index is 4920. The molecule has 4 aliphatic heterocycles. The van der Waals surface area contributed by atoms with Crippen LogP contribution in [0.4, 0.5) is 24.8 Å². The first-order valence-electron chi connectivity index (χ1n) is 34.5. The number of aliphatic hydroxyl groups excluding tert-OH is 4. The number of nitrogens with one attached hydrogen (secondary N) is 5. The molecule has 0 saturated carbocycles. The van der Waals surface area contributed by atoms with Crippen molar-refractivity contribution in [2.45, 2.75) is 130 Å². The molecule has 106 heavy (non-hydrogen) atoms. The maximum atomic E-state index is 13.9. The summed E-state index contributed by atoms with van der Waals surface area (Å²) >= 11 is 0. The van der Waals surface area contributed by atoms with Gasteiger partial charge in [0.2, 0.25) is 20.0 Å². The number of carbonyl (C=O) groups excluding carboxylic acids is 1. The molecule has 0 spiro atoms. The Morgan fingerprint density at radius 1 is 0.566 bits per heavy atom. The molecule has 1 amide bonds. The molecule has 0 radical (unpaired) electrons. The fraction of sp³-hybridized carbons (Fsp3) is 0.365. The van der Waals surface area contributed by atoms with Gasteiger partial charge in [0.05, 0.1) is 48.7 Å². The molecule has 558 valence electrons. The number of halogens is 3. The minimum Gasteiger partial charge on any atom is -0.387 e. The number of methoxy groups -OCH3 is 2. The molecule has 4 aliphatic rings. The van der Waals surface area contributed by atoms with Crippen molar-refractivity contribution in [2.75, 3.05) is 64.2 Å². The highest BCUT2D eigenvalue weighted by molar-refractivity contribution is 7.89.